The lowest BCUT2D eigenvalue weighted by Gasteiger charge is -2.01. The summed E-state index contributed by atoms with van der Waals surface area (Å²) >= 11 is 0. The smallest absolute Gasteiger partial charge is 0.153 e. The van der Waals surface area contributed by atoms with Crippen LogP contribution in [0.5, 0.6) is 0 Å². The van der Waals surface area contributed by atoms with Gasteiger partial charge < -0.3 is 5.32 Å². The van der Waals surface area contributed by atoms with E-state index in [0.29, 0.717) is 5.92 Å². The van der Waals surface area contributed by atoms with Gasteiger partial charge in [0.25, 0.3) is 0 Å². The first kappa shape index (κ1) is 7.79. The lowest BCUT2D eigenvalue weighted by molar-refractivity contribution is 0.855. The van der Waals surface area contributed by atoms with Crippen LogP contribution >= 0.6 is 0 Å². The molecular weight excluding hydrogens is 176 g/mol. The van der Waals surface area contributed by atoms with Gasteiger partial charge in [-0.25, -0.2) is 9.50 Å². The quantitative estimate of drug-likeness (QED) is 0.779. The molecule has 0 bridgehead atoms. The van der Waals surface area contributed by atoms with Crippen molar-refractivity contribution in [1.29, 1.82) is 0 Å². The van der Waals surface area contributed by atoms with Crippen molar-refractivity contribution in [3.05, 3.63) is 24.0 Å². The topological polar surface area (TPSA) is 42.2 Å². The number of anilines is 1. The maximum Gasteiger partial charge on any atom is 0.153 e. The van der Waals surface area contributed by atoms with Crippen LogP contribution in [-0.2, 0) is 0 Å². The molecule has 0 saturated heterocycles. The summed E-state index contributed by atoms with van der Waals surface area (Å²) in [5, 5.41) is 7.49. The van der Waals surface area contributed by atoms with Gasteiger partial charge in [0.2, 0.25) is 0 Å². The second-order valence-corrected chi connectivity index (χ2v) is 3.70. The highest BCUT2D eigenvalue weighted by Crippen LogP contribution is 2.39. The second-order valence-electron chi connectivity index (χ2n) is 3.70. The number of fused-ring (bicyclic) bond motifs is 1. The third-order valence-corrected chi connectivity index (χ3v) is 2.64. The molecule has 1 fully saturated rings. The van der Waals surface area contributed by atoms with Crippen LogP contribution < -0.4 is 5.32 Å². The van der Waals surface area contributed by atoms with Gasteiger partial charge in [-0.05, 0) is 25.0 Å². The molecule has 1 saturated carbocycles. The molecule has 4 heteroatoms. The predicted molar refractivity (Wildman–Crippen MR) is 54.5 cm³/mol. The molecule has 0 radical (unpaired) electrons. The van der Waals surface area contributed by atoms with Gasteiger partial charge in [-0.3, -0.25) is 0 Å². The van der Waals surface area contributed by atoms with Gasteiger partial charge in [-0.15, -0.1) is 5.10 Å². The molecule has 1 N–H and O–H groups in total. The zero-order chi connectivity index (χ0) is 9.54. The zero-order valence-electron chi connectivity index (χ0n) is 8.07. The summed E-state index contributed by atoms with van der Waals surface area (Å²) in [5.41, 5.74) is 2.18. The van der Waals surface area contributed by atoms with E-state index in [1.165, 1.54) is 18.5 Å². The van der Waals surface area contributed by atoms with Crippen LogP contribution in [0.2, 0.25) is 0 Å². The van der Waals surface area contributed by atoms with Crippen molar-refractivity contribution >= 4 is 11.5 Å². The molecule has 0 aromatic carbocycles. The van der Waals surface area contributed by atoms with Crippen molar-refractivity contribution in [2.75, 3.05) is 12.4 Å². The lowest BCUT2D eigenvalue weighted by atomic mass is 10.3. The standard InChI is InChI=1S/C10H12N4/c1-11-9-4-5-10-12-6-8(7-2-3-7)14(10)13-9/h4-7H,2-3H2,1H3,(H,11,13). The molecule has 1 aliphatic rings. The minimum absolute atomic E-state index is 0.685. The summed E-state index contributed by atoms with van der Waals surface area (Å²) in [6.45, 7) is 0. The number of aromatic nitrogens is 3. The van der Waals surface area contributed by atoms with E-state index < -0.39 is 0 Å². The van der Waals surface area contributed by atoms with E-state index in [1.54, 1.807) is 0 Å². The number of rotatable bonds is 2. The molecule has 0 atom stereocenters. The highest BCUT2D eigenvalue weighted by atomic mass is 15.3. The molecular formula is C10H12N4. The Balaban J connectivity index is 2.20. The van der Waals surface area contributed by atoms with E-state index >= 15 is 0 Å². The van der Waals surface area contributed by atoms with E-state index in [4.69, 9.17) is 0 Å². The fraction of sp³-hybridized carbons (Fsp3) is 0.400. The number of imidazole rings is 1. The summed E-state index contributed by atoms with van der Waals surface area (Å²) < 4.78 is 1.95. The van der Waals surface area contributed by atoms with E-state index in [-0.39, 0.29) is 0 Å². The Hall–Kier alpha value is -1.58. The number of hydrogen-bond acceptors (Lipinski definition) is 3. The van der Waals surface area contributed by atoms with Crippen LogP contribution in [0, 0.1) is 0 Å². The molecule has 2 aromatic heterocycles. The normalized spacial score (nSPS) is 16.1. The van der Waals surface area contributed by atoms with Gasteiger partial charge in [-0.1, -0.05) is 0 Å². The van der Waals surface area contributed by atoms with Crippen molar-refractivity contribution in [2.45, 2.75) is 18.8 Å². The first-order chi connectivity index (χ1) is 6.88. The second kappa shape index (κ2) is 2.70. The van der Waals surface area contributed by atoms with Crippen molar-refractivity contribution in [3.8, 4) is 0 Å². The Morgan fingerprint density at radius 1 is 1.43 bits per heavy atom. The van der Waals surface area contributed by atoms with Gasteiger partial charge in [0.05, 0.1) is 11.9 Å². The van der Waals surface area contributed by atoms with E-state index in [1.807, 2.05) is 29.9 Å². The largest absolute Gasteiger partial charge is 0.372 e. The van der Waals surface area contributed by atoms with Crippen LogP contribution in [0.25, 0.3) is 5.65 Å². The monoisotopic (exact) mass is 188 g/mol. The summed E-state index contributed by atoms with van der Waals surface area (Å²) in [6, 6.07) is 3.93. The Morgan fingerprint density at radius 2 is 2.29 bits per heavy atom. The van der Waals surface area contributed by atoms with E-state index in [0.717, 1.165) is 11.5 Å². The zero-order valence-corrected chi connectivity index (χ0v) is 8.07. The maximum atomic E-state index is 4.46. The molecule has 0 spiro atoms. The van der Waals surface area contributed by atoms with E-state index in [2.05, 4.69) is 15.4 Å². The minimum atomic E-state index is 0.685. The minimum Gasteiger partial charge on any atom is -0.372 e. The van der Waals surface area contributed by atoms with E-state index in [9.17, 15) is 0 Å². The van der Waals surface area contributed by atoms with Crippen LogP contribution in [0.3, 0.4) is 0 Å². The molecule has 4 nitrogen and oxygen atoms in total. The Bertz CT molecular complexity index is 470. The first-order valence-electron chi connectivity index (χ1n) is 4.91. The highest BCUT2D eigenvalue weighted by molar-refractivity contribution is 5.45. The Labute approximate surface area is 82.0 Å². The summed E-state index contributed by atoms with van der Waals surface area (Å²) in [4.78, 5) is 4.33. The molecule has 0 amide bonds. The summed E-state index contributed by atoms with van der Waals surface area (Å²) in [7, 11) is 1.88. The average Bonchev–Trinajstić information content (AvgIpc) is 2.98. The molecule has 0 unspecified atom stereocenters. The molecule has 2 aromatic rings. The molecule has 1 aliphatic carbocycles. The number of hydrogen-bond donors (Lipinski definition) is 1. The first-order valence-corrected chi connectivity index (χ1v) is 4.91. The van der Waals surface area contributed by atoms with Crippen molar-refractivity contribution < 1.29 is 0 Å². The van der Waals surface area contributed by atoms with Crippen LogP contribution in [0.15, 0.2) is 18.3 Å². The Kier molecular flexibility index (Phi) is 1.50. The van der Waals surface area contributed by atoms with Crippen molar-refractivity contribution in [3.63, 3.8) is 0 Å². The lowest BCUT2D eigenvalue weighted by Crippen LogP contribution is -2.00. The van der Waals surface area contributed by atoms with Crippen molar-refractivity contribution in [1.82, 2.24) is 14.6 Å². The third kappa shape index (κ3) is 1.07. The predicted octanol–water partition coefficient (Wildman–Crippen LogP) is 1.65. The number of nitrogens with zero attached hydrogens (tertiary/aromatic N) is 3. The molecule has 3 rings (SSSR count). The van der Waals surface area contributed by atoms with Gasteiger partial charge in [0, 0.05) is 13.0 Å². The van der Waals surface area contributed by atoms with Crippen LogP contribution in [-0.4, -0.2) is 21.6 Å². The molecule has 14 heavy (non-hydrogen) atoms. The van der Waals surface area contributed by atoms with Gasteiger partial charge in [0.15, 0.2) is 5.65 Å². The van der Waals surface area contributed by atoms with Crippen LogP contribution in [0.1, 0.15) is 24.5 Å². The highest BCUT2D eigenvalue weighted by Gasteiger charge is 2.27. The van der Waals surface area contributed by atoms with Gasteiger partial charge >= 0.3 is 0 Å². The molecule has 0 aliphatic heterocycles. The molecule has 2 heterocycles. The average molecular weight is 188 g/mol. The summed E-state index contributed by atoms with van der Waals surface area (Å²) in [6.07, 6.45) is 4.50. The van der Waals surface area contributed by atoms with Crippen molar-refractivity contribution in [2.24, 2.45) is 0 Å². The van der Waals surface area contributed by atoms with Gasteiger partial charge in [0.1, 0.15) is 5.82 Å². The molecule has 72 valence electrons. The summed E-state index contributed by atoms with van der Waals surface area (Å²) in [5.74, 6) is 1.57. The van der Waals surface area contributed by atoms with Gasteiger partial charge in [-0.2, -0.15) is 0 Å². The fourth-order valence-electron chi connectivity index (χ4n) is 1.68. The van der Waals surface area contributed by atoms with Crippen LogP contribution in [0.4, 0.5) is 5.82 Å². The maximum absolute atomic E-state index is 4.46. The fourth-order valence-corrected chi connectivity index (χ4v) is 1.68. The Morgan fingerprint density at radius 3 is 3.00 bits per heavy atom. The number of nitrogens with one attached hydrogen (secondary N) is 1. The third-order valence-electron chi connectivity index (χ3n) is 2.64. The SMILES string of the molecule is CNc1ccc2ncc(C3CC3)n2n1.